The van der Waals surface area contributed by atoms with E-state index in [0.717, 1.165) is 25.7 Å². The Bertz CT molecular complexity index is 503. The molecule has 2 aliphatic rings. The Morgan fingerprint density at radius 2 is 2.05 bits per heavy atom. The summed E-state index contributed by atoms with van der Waals surface area (Å²) in [4.78, 5) is 0. The SMILES string of the molecule is COCCN(CCC#N)S(=O)(=O)N1[C@H](C)C[C@H]2CCCC[C@@H]21. The smallest absolute Gasteiger partial charge is 0.282 e. The van der Waals surface area contributed by atoms with Gasteiger partial charge in [0.15, 0.2) is 0 Å². The van der Waals surface area contributed by atoms with Crippen molar-refractivity contribution in [1.29, 1.82) is 5.26 Å². The normalized spacial score (nSPS) is 29.5. The second kappa shape index (κ2) is 7.73. The van der Waals surface area contributed by atoms with E-state index in [4.69, 9.17) is 10.00 Å². The number of hydrogen-bond donors (Lipinski definition) is 0. The van der Waals surface area contributed by atoms with Crippen molar-refractivity contribution in [3.05, 3.63) is 0 Å². The predicted molar refractivity (Wildman–Crippen MR) is 84.3 cm³/mol. The Balaban J connectivity index is 2.19. The molecule has 0 N–H and O–H groups in total. The van der Waals surface area contributed by atoms with Crippen molar-refractivity contribution >= 4 is 10.2 Å². The molecule has 7 heteroatoms. The number of fused-ring (bicyclic) bond motifs is 1. The molecule has 3 atom stereocenters. The molecule has 22 heavy (non-hydrogen) atoms. The largest absolute Gasteiger partial charge is 0.383 e. The topological polar surface area (TPSA) is 73.6 Å². The highest BCUT2D eigenvalue weighted by Gasteiger charge is 2.47. The highest BCUT2D eigenvalue weighted by Crippen LogP contribution is 2.41. The lowest BCUT2D eigenvalue weighted by Gasteiger charge is -2.35. The Hall–Kier alpha value is -0.680. The lowest BCUT2D eigenvalue weighted by atomic mass is 9.85. The summed E-state index contributed by atoms with van der Waals surface area (Å²) in [5.41, 5.74) is 0. The molecule has 0 radical (unpaired) electrons. The lowest BCUT2D eigenvalue weighted by molar-refractivity contribution is 0.171. The zero-order valence-corrected chi connectivity index (χ0v) is 14.4. The van der Waals surface area contributed by atoms with E-state index in [1.54, 1.807) is 11.4 Å². The first-order valence-electron chi connectivity index (χ1n) is 8.17. The maximum Gasteiger partial charge on any atom is 0.282 e. The molecular formula is C15H27N3O3S. The van der Waals surface area contributed by atoms with Crippen molar-refractivity contribution in [2.75, 3.05) is 26.8 Å². The minimum Gasteiger partial charge on any atom is -0.383 e. The average Bonchev–Trinajstić information content (AvgIpc) is 2.83. The summed E-state index contributed by atoms with van der Waals surface area (Å²) in [6.45, 7) is 2.90. The average molecular weight is 329 g/mol. The molecule has 2 fully saturated rings. The quantitative estimate of drug-likeness (QED) is 0.713. The van der Waals surface area contributed by atoms with Gasteiger partial charge in [-0.2, -0.15) is 22.3 Å². The molecule has 1 saturated carbocycles. The van der Waals surface area contributed by atoms with Crippen molar-refractivity contribution in [2.45, 2.75) is 57.5 Å². The molecule has 0 aromatic rings. The Morgan fingerprint density at radius 3 is 2.73 bits per heavy atom. The van der Waals surface area contributed by atoms with Crippen LogP contribution >= 0.6 is 0 Å². The van der Waals surface area contributed by atoms with Gasteiger partial charge in [-0.05, 0) is 32.1 Å². The maximum absolute atomic E-state index is 13.1. The lowest BCUT2D eigenvalue weighted by Crippen LogP contribution is -2.50. The van der Waals surface area contributed by atoms with Crippen LogP contribution in [0.4, 0.5) is 0 Å². The third-order valence-electron chi connectivity index (χ3n) is 4.88. The van der Waals surface area contributed by atoms with Crippen LogP contribution in [0.25, 0.3) is 0 Å². The Morgan fingerprint density at radius 1 is 1.32 bits per heavy atom. The van der Waals surface area contributed by atoms with Crippen molar-refractivity contribution in [3.63, 3.8) is 0 Å². The minimum absolute atomic E-state index is 0.0465. The van der Waals surface area contributed by atoms with Gasteiger partial charge in [-0.3, -0.25) is 0 Å². The fourth-order valence-electron chi connectivity index (χ4n) is 3.91. The molecular weight excluding hydrogens is 302 g/mol. The zero-order chi connectivity index (χ0) is 16.2. The first-order chi connectivity index (χ1) is 10.5. The summed E-state index contributed by atoms with van der Waals surface area (Å²) in [5, 5.41) is 8.79. The third kappa shape index (κ3) is 3.62. The van der Waals surface area contributed by atoms with Crippen LogP contribution in [0.5, 0.6) is 0 Å². The van der Waals surface area contributed by atoms with Gasteiger partial charge in [0.25, 0.3) is 10.2 Å². The molecule has 6 nitrogen and oxygen atoms in total. The molecule has 1 saturated heterocycles. The molecule has 0 spiro atoms. The number of ether oxygens (including phenoxy) is 1. The molecule has 0 unspecified atom stereocenters. The van der Waals surface area contributed by atoms with Crippen molar-refractivity contribution in [3.8, 4) is 6.07 Å². The number of nitriles is 1. The van der Waals surface area contributed by atoms with E-state index in [2.05, 4.69) is 0 Å². The molecule has 0 bridgehead atoms. The van der Waals surface area contributed by atoms with Crippen LogP contribution < -0.4 is 0 Å². The maximum atomic E-state index is 13.1. The van der Waals surface area contributed by atoms with Gasteiger partial charge < -0.3 is 4.74 Å². The van der Waals surface area contributed by atoms with Crippen LogP contribution in [-0.2, 0) is 14.9 Å². The molecule has 2 rings (SSSR count). The second-order valence-corrected chi connectivity index (χ2v) is 8.17. The molecule has 1 aliphatic heterocycles. The fourth-order valence-corrected chi connectivity index (χ4v) is 5.96. The molecule has 0 amide bonds. The third-order valence-corrected chi connectivity index (χ3v) is 7.07. The van der Waals surface area contributed by atoms with Gasteiger partial charge in [-0.15, -0.1) is 0 Å². The molecule has 0 aromatic carbocycles. The van der Waals surface area contributed by atoms with Crippen LogP contribution in [0, 0.1) is 17.2 Å². The van der Waals surface area contributed by atoms with E-state index in [-0.39, 0.29) is 25.0 Å². The second-order valence-electron chi connectivity index (χ2n) is 6.33. The first-order valence-corrected chi connectivity index (χ1v) is 9.56. The number of rotatable bonds is 7. The first kappa shape index (κ1) is 17.7. The monoisotopic (exact) mass is 329 g/mol. The molecule has 1 heterocycles. The summed E-state index contributed by atoms with van der Waals surface area (Å²) in [7, 11) is -1.97. The van der Waals surface area contributed by atoms with Crippen LogP contribution in [0.15, 0.2) is 0 Å². The van der Waals surface area contributed by atoms with E-state index in [1.807, 2.05) is 13.0 Å². The van der Waals surface area contributed by atoms with E-state index < -0.39 is 10.2 Å². The van der Waals surface area contributed by atoms with Crippen LogP contribution in [0.1, 0.15) is 45.4 Å². The highest BCUT2D eigenvalue weighted by molar-refractivity contribution is 7.86. The van der Waals surface area contributed by atoms with E-state index in [0.29, 0.717) is 19.1 Å². The summed E-state index contributed by atoms with van der Waals surface area (Å²) in [5.74, 6) is 0.499. The van der Waals surface area contributed by atoms with Crippen molar-refractivity contribution in [2.24, 2.45) is 5.92 Å². The fraction of sp³-hybridized carbons (Fsp3) is 0.933. The number of hydrogen-bond acceptors (Lipinski definition) is 4. The van der Waals surface area contributed by atoms with Crippen molar-refractivity contribution < 1.29 is 13.2 Å². The molecule has 0 aromatic heterocycles. The minimum atomic E-state index is -3.53. The Kier molecular flexibility index (Phi) is 6.21. The van der Waals surface area contributed by atoms with E-state index >= 15 is 0 Å². The zero-order valence-electron chi connectivity index (χ0n) is 13.6. The molecule has 126 valence electrons. The molecule has 1 aliphatic carbocycles. The summed E-state index contributed by atoms with van der Waals surface area (Å²) < 4.78 is 34.4. The van der Waals surface area contributed by atoms with Crippen molar-refractivity contribution in [1.82, 2.24) is 8.61 Å². The summed E-state index contributed by atoms with van der Waals surface area (Å²) in [6.07, 6.45) is 5.58. The van der Waals surface area contributed by atoms with Gasteiger partial charge in [0.05, 0.1) is 12.7 Å². The van der Waals surface area contributed by atoms with Gasteiger partial charge in [-0.1, -0.05) is 12.8 Å². The number of methoxy groups -OCH3 is 1. The summed E-state index contributed by atoms with van der Waals surface area (Å²) in [6, 6.07) is 2.23. The van der Waals surface area contributed by atoms with Gasteiger partial charge in [0.2, 0.25) is 0 Å². The standard InChI is InChI=1S/C15H27N3O3S/c1-13-12-14-6-3-4-7-15(14)18(13)22(19,20)17(9-5-8-16)10-11-21-2/h13-15H,3-7,9-12H2,1-2H3/t13-,14-,15+/m1/s1. The van der Waals surface area contributed by atoms with Crippen LogP contribution in [0.3, 0.4) is 0 Å². The predicted octanol–water partition coefficient (Wildman–Crippen LogP) is 1.75. The van der Waals surface area contributed by atoms with Gasteiger partial charge in [-0.25, -0.2) is 0 Å². The Labute approximate surface area is 134 Å². The van der Waals surface area contributed by atoms with Gasteiger partial charge in [0.1, 0.15) is 0 Å². The van der Waals surface area contributed by atoms with E-state index in [1.165, 1.54) is 10.7 Å². The highest BCUT2D eigenvalue weighted by atomic mass is 32.2. The van der Waals surface area contributed by atoms with Gasteiger partial charge >= 0.3 is 0 Å². The van der Waals surface area contributed by atoms with Gasteiger partial charge in [0, 0.05) is 38.7 Å². The summed E-state index contributed by atoms with van der Waals surface area (Å²) >= 11 is 0. The van der Waals surface area contributed by atoms with Crippen LogP contribution in [-0.4, -0.2) is 55.9 Å². The van der Waals surface area contributed by atoms with E-state index in [9.17, 15) is 8.42 Å². The number of nitrogens with zero attached hydrogens (tertiary/aromatic N) is 3. The van der Waals surface area contributed by atoms with Crippen LogP contribution in [0.2, 0.25) is 0 Å².